The van der Waals surface area contributed by atoms with Gasteiger partial charge in [0.15, 0.2) is 0 Å². The Morgan fingerprint density at radius 1 is 1.12 bits per heavy atom. The lowest BCUT2D eigenvalue weighted by molar-refractivity contribution is 0.102. The second-order valence-corrected chi connectivity index (χ2v) is 6.46. The Bertz CT molecular complexity index is 737. The Hall–Kier alpha value is -2.56. The highest BCUT2D eigenvalue weighted by Gasteiger charge is 2.15. The fourth-order valence-electron chi connectivity index (χ4n) is 3.18. The maximum absolute atomic E-state index is 12.6. The number of rotatable bonds is 4. The molecule has 1 saturated heterocycles. The molecule has 0 aliphatic carbocycles. The lowest BCUT2D eigenvalue weighted by Gasteiger charge is -2.22. The summed E-state index contributed by atoms with van der Waals surface area (Å²) in [6.45, 7) is 4.06. The monoisotopic (exact) mass is 339 g/mol. The second kappa shape index (κ2) is 8.01. The summed E-state index contributed by atoms with van der Waals surface area (Å²) in [7, 11) is 1.60. The van der Waals surface area contributed by atoms with Crippen molar-refractivity contribution in [1.82, 2.24) is 4.98 Å². The average molecular weight is 339 g/mol. The Balaban J connectivity index is 1.78. The van der Waals surface area contributed by atoms with Crippen LogP contribution in [0.25, 0.3) is 0 Å². The Labute approximate surface area is 149 Å². The van der Waals surface area contributed by atoms with Gasteiger partial charge >= 0.3 is 0 Å². The van der Waals surface area contributed by atoms with Crippen LogP contribution in [-0.4, -0.2) is 31.1 Å². The van der Waals surface area contributed by atoms with Gasteiger partial charge in [-0.05, 0) is 49.6 Å². The zero-order valence-corrected chi connectivity index (χ0v) is 14.9. The topological polar surface area (TPSA) is 54.5 Å². The Morgan fingerprint density at radius 3 is 2.60 bits per heavy atom. The van der Waals surface area contributed by atoms with E-state index in [1.54, 1.807) is 13.3 Å². The zero-order valence-electron chi connectivity index (χ0n) is 14.9. The van der Waals surface area contributed by atoms with Crippen molar-refractivity contribution in [1.29, 1.82) is 0 Å². The predicted molar refractivity (Wildman–Crippen MR) is 101 cm³/mol. The van der Waals surface area contributed by atoms with Crippen molar-refractivity contribution < 1.29 is 9.53 Å². The third kappa shape index (κ3) is 4.29. The van der Waals surface area contributed by atoms with Gasteiger partial charge in [-0.25, -0.2) is 0 Å². The third-order valence-electron chi connectivity index (χ3n) is 4.55. The van der Waals surface area contributed by atoms with Crippen molar-refractivity contribution in [2.45, 2.75) is 32.6 Å². The number of methoxy groups -OCH3 is 1. The van der Waals surface area contributed by atoms with Gasteiger partial charge in [-0.3, -0.25) is 9.78 Å². The first kappa shape index (κ1) is 17.3. The number of hydrogen-bond acceptors (Lipinski definition) is 4. The molecule has 0 saturated carbocycles. The van der Waals surface area contributed by atoms with E-state index >= 15 is 0 Å². The molecule has 1 N–H and O–H groups in total. The number of amides is 1. The van der Waals surface area contributed by atoms with Crippen molar-refractivity contribution in [3.63, 3.8) is 0 Å². The van der Waals surface area contributed by atoms with Crippen LogP contribution >= 0.6 is 0 Å². The molecule has 1 amide bonds. The molecular weight excluding hydrogens is 314 g/mol. The molecule has 1 fully saturated rings. The summed E-state index contributed by atoms with van der Waals surface area (Å²) in [6.07, 6.45) is 6.67. The molecule has 0 spiro atoms. The van der Waals surface area contributed by atoms with E-state index in [-0.39, 0.29) is 5.91 Å². The smallest absolute Gasteiger partial charge is 0.274 e. The summed E-state index contributed by atoms with van der Waals surface area (Å²) < 4.78 is 5.33. The minimum Gasteiger partial charge on any atom is -0.495 e. The average Bonchev–Trinajstić information content (AvgIpc) is 2.91. The molecule has 0 atom stereocenters. The van der Waals surface area contributed by atoms with Crippen LogP contribution in [0, 0.1) is 6.92 Å². The zero-order chi connectivity index (χ0) is 17.6. The molecule has 2 aromatic rings. The molecule has 0 unspecified atom stereocenters. The number of carbonyl (C=O) groups is 1. The number of benzene rings is 1. The van der Waals surface area contributed by atoms with Crippen molar-refractivity contribution in [3.05, 3.63) is 47.8 Å². The molecular formula is C20H25N3O2. The van der Waals surface area contributed by atoms with E-state index in [0.717, 1.165) is 24.3 Å². The van der Waals surface area contributed by atoms with Gasteiger partial charge < -0.3 is 15.0 Å². The summed E-state index contributed by atoms with van der Waals surface area (Å²) in [6, 6.07) is 9.56. The first-order valence-electron chi connectivity index (χ1n) is 8.84. The van der Waals surface area contributed by atoms with E-state index in [1.807, 2.05) is 37.3 Å². The minimum atomic E-state index is -0.222. The van der Waals surface area contributed by atoms with Crippen LogP contribution in [0.5, 0.6) is 5.75 Å². The van der Waals surface area contributed by atoms with Crippen molar-refractivity contribution in [3.8, 4) is 5.75 Å². The van der Waals surface area contributed by atoms with Crippen LogP contribution in [0.2, 0.25) is 0 Å². The maximum atomic E-state index is 12.6. The predicted octanol–water partition coefficient (Wildman–Crippen LogP) is 4.03. The first-order valence-corrected chi connectivity index (χ1v) is 8.84. The van der Waals surface area contributed by atoms with E-state index in [0.29, 0.717) is 17.1 Å². The number of pyridine rings is 1. The maximum Gasteiger partial charge on any atom is 0.274 e. The van der Waals surface area contributed by atoms with Crippen LogP contribution in [0.4, 0.5) is 11.4 Å². The molecule has 0 radical (unpaired) electrons. The van der Waals surface area contributed by atoms with Gasteiger partial charge in [0.1, 0.15) is 11.4 Å². The van der Waals surface area contributed by atoms with Gasteiger partial charge in [0.25, 0.3) is 5.91 Å². The summed E-state index contributed by atoms with van der Waals surface area (Å²) in [5.41, 5.74) is 3.21. The summed E-state index contributed by atoms with van der Waals surface area (Å²) in [4.78, 5) is 19.2. The van der Waals surface area contributed by atoms with Crippen LogP contribution in [0.15, 0.2) is 36.5 Å². The van der Waals surface area contributed by atoms with Gasteiger partial charge in [0.05, 0.1) is 12.8 Å². The highest BCUT2D eigenvalue weighted by atomic mass is 16.5. The fourth-order valence-corrected chi connectivity index (χ4v) is 3.18. The SMILES string of the molecule is COc1ccc(C)cc1NC(=O)c1cc(N2CCCCCC2)ccn1. The molecule has 5 nitrogen and oxygen atoms in total. The molecule has 0 bridgehead atoms. The number of nitrogens with one attached hydrogen (secondary N) is 1. The fraction of sp³-hybridized carbons (Fsp3) is 0.400. The van der Waals surface area contributed by atoms with Crippen LogP contribution in [0.3, 0.4) is 0 Å². The van der Waals surface area contributed by atoms with Gasteiger partial charge in [0, 0.05) is 25.0 Å². The molecule has 3 rings (SSSR count). The second-order valence-electron chi connectivity index (χ2n) is 6.46. The van der Waals surface area contributed by atoms with E-state index in [2.05, 4.69) is 15.2 Å². The molecule has 5 heteroatoms. The lowest BCUT2D eigenvalue weighted by atomic mass is 10.2. The summed E-state index contributed by atoms with van der Waals surface area (Å²) in [5, 5.41) is 2.92. The normalized spacial score (nSPS) is 14.7. The van der Waals surface area contributed by atoms with Gasteiger partial charge in [-0.1, -0.05) is 18.9 Å². The molecule has 25 heavy (non-hydrogen) atoms. The molecule has 1 aliphatic heterocycles. The Morgan fingerprint density at radius 2 is 1.88 bits per heavy atom. The standard InChI is InChI=1S/C20H25N3O2/c1-15-7-8-19(25-2)17(13-15)22-20(24)18-14-16(9-10-21-18)23-11-5-3-4-6-12-23/h7-10,13-14H,3-6,11-12H2,1-2H3,(H,22,24). The molecule has 2 heterocycles. The Kier molecular flexibility index (Phi) is 5.53. The number of carbonyl (C=O) groups excluding carboxylic acids is 1. The van der Waals surface area contributed by atoms with Crippen molar-refractivity contribution in [2.75, 3.05) is 30.4 Å². The van der Waals surface area contributed by atoms with Crippen molar-refractivity contribution in [2.24, 2.45) is 0 Å². The quantitative estimate of drug-likeness (QED) is 0.914. The molecule has 1 aromatic carbocycles. The van der Waals surface area contributed by atoms with Gasteiger partial charge in [0.2, 0.25) is 0 Å². The van der Waals surface area contributed by atoms with Gasteiger partial charge in [-0.2, -0.15) is 0 Å². The van der Waals surface area contributed by atoms with E-state index in [1.165, 1.54) is 25.7 Å². The summed E-state index contributed by atoms with van der Waals surface area (Å²) >= 11 is 0. The molecule has 1 aromatic heterocycles. The number of aromatic nitrogens is 1. The lowest BCUT2D eigenvalue weighted by Crippen LogP contribution is -2.24. The highest BCUT2D eigenvalue weighted by molar-refractivity contribution is 6.04. The largest absolute Gasteiger partial charge is 0.495 e. The van der Waals surface area contributed by atoms with Crippen molar-refractivity contribution >= 4 is 17.3 Å². The number of hydrogen-bond donors (Lipinski definition) is 1. The number of anilines is 2. The highest BCUT2D eigenvalue weighted by Crippen LogP contribution is 2.26. The number of nitrogens with zero attached hydrogens (tertiary/aromatic N) is 2. The van der Waals surface area contributed by atoms with E-state index < -0.39 is 0 Å². The third-order valence-corrected chi connectivity index (χ3v) is 4.55. The minimum absolute atomic E-state index is 0.222. The van der Waals surface area contributed by atoms with Gasteiger partial charge in [-0.15, -0.1) is 0 Å². The first-order chi connectivity index (χ1) is 12.2. The number of ether oxygens (including phenoxy) is 1. The van der Waals surface area contributed by atoms with E-state index in [4.69, 9.17) is 4.74 Å². The molecule has 132 valence electrons. The van der Waals surface area contributed by atoms with Crippen LogP contribution in [0.1, 0.15) is 41.7 Å². The summed E-state index contributed by atoms with van der Waals surface area (Å²) in [5.74, 6) is 0.420. The molecule has 1 aliphatic rings. The van der Waals surface area contributed by atoms with Crippen LogP contribution < -0.4 is 15.0 Å². The van der Waals surface area contributed by atoms with Crippen LogP contribution in [-0.2, 0) is 0 Å². The number of aryl methyl sites for hydroxylation is 1. The van der Waals surface area contributed by atoms with E-state index in [9.17, 15) is 4.79 Å².